The van der Waals surface area contributed by atoms with Crippen LogP contribution in [0.1, 0.15) is 25.3 Å². The van der Waals surface area contributed by atoms with Gasteiger partial charge in [-0.25, -0.2) is 4.39 Å². The quantitative estimate of drug-likeness (QED) is 0.783. The van der Waals surface area contributed by atoms with E-state index in [2.05, 4.69) is 5.32 Å². The molecule has 0 saturated heterocycles. The minimum Gasteiger partial charge on any atom is -0.394 e. The smallest absolute Gasteiger partial charge is 0.128 e. The van der Waals surface area contributed by atoms with Gasteiger partial charge in [-0.05, 0) is 31.4 Å². The number of anilines is 1. The number of hydrogen-bond acceptors (Lipinski definition) is 2. The number of benzene rings is 1. The summed E-state index contributed by atoms with van der Waals surface area (Å²) in [5.74, 6) is -0.150. The van der Waals surface area contributed by atoms with Crippen LogP contribution in [0.4, 0.5) is 10.1 Å². The number of hydrogen-bond donors (Lipinski definition) is 2. The summed E-state index contributed by atoms with van der Waals surface area (Å²) in [6, 6.07) is 5.06. The number of rotatable bonds is 2. The van der Waals surface area contributed by atoms with E-state index in [4.69, 9.17) is 0 Å². The molecule has 3 heteroatoms. The molecule has 1 atom stereocenters. The molecule has 1 aliphatic heterocycles. The molecule has 0 saturated carbocycles. The summed E-state index contributed by atoms with van der Waals surface area (Å²) in [5, 5.41) is 12.6. The Labute approximate surface area is 89.1 Å². The molecule has 0 spiro atoms. The van der Waals surface area contributed by atoms with Crippen molar-refractivity contribution in [1.29, 1.82) is 0 Å². The fourth-order valence-corrected chi connectivity index (χ4v) is 2.14. The Balaban J connectivity index is 2.34. The third-order valence-electron chi connectivity index (χ3n) is 3.35. The first kappa shape index (κ1) is 10.4. The number of aliphatic hydroxyl groups is 1. The summed E-state index contributed by atoms with van der Waals surface area (Å²) in [6.07, 6.45) is 2.33. The predicted molar refractivity (Wildman–Crippen MR) is 58.5 cm³/mol. The van der Waals surface area contributed by atoms with Gasteiger partial charge >= 0.3 is 0 Å². The van der Waals surface area contributed by atoms with Crippen molar-refractivity contribution in [1.82, 2.24) is 0 Å². The Hall–Kier alpha value is -1.09. The van der Waals surface area contributed by atoms with Crippen LogP contribution in [0.25, 0.3) is 0 Å². The molecule has 1 aliphatic rings. The fourth-order valence-electron chi connectivity index (χ4n) is 2.14. The van der Waals surface area contributed by atoms with Gasteiger partial charge in [-0.15, -0.1) is 0 Å². The van der Waals surface area contributed by atoms with Gasteiger partial charge in [0.2, 0.25) is 0 Å². The van der Waals surface area contributed by atoms with Gasteiger partial charge in [0, 0.05) is 11.3 Å². The predicted octanol–water partition coefficient (Wildman–Crippen LogP) is 2.32. The molecule has 0 radical (unpaired) electrons. The lowest BCUT2D eigenvalue weighted by Crippen LogP contribution is -2.44. The van der Waals surface area contributed by atoms with Crippen LogP contribution in [0.15, 0.2) is 18.2 Å². The van der Waals surface area contributed by atoms with Crippen molar-refractivity contribution in [3.05, 3.63) is 29.6 Å². The summed E-state index contributed by atoms with van der Waals surface area (Å²) in [4.78, 5) is 0. The number of fused-ring (bicyclic) bond motifs is 1. The lowest BCUT2D eigenvalue weighted by molar-refractivity contribution is 0.194. The van der Waals surface area contributed by atoms with Crippen molar-refractivity contribution >= 4 is 5.69 Å². The van der Waals surface area contributed by atoms with Crippen molar-refractivity contribution in [2.75, 3.05) is 11.9 Å². The van der Waals surface area contributed by atoms with E-state index in [-0.39, 0.29) is 18.0 Å². The van der Waals surface area contributed by atoms with E-state index < -0.39 is 0 Å². The standard InChI is InChI=1S/C12H16FNO/c1-2-12(8-15)7-6-9-10(13)4-3-5-11(9)14-12/h3-5,14-15H,2,6-8H2,1H3. The maximum Gasteiger partial charge on any atom is 0.128 e. The highest BCUT2D eigenvalue weighted by molar-refractivity contribution is 5.56. The van der Waals surface area contributed by atoms with Crippen molar-refractivity contribution in [2.45, 2.75) is 31.7 Å². The first-order valence-corrected chi connectivity index (χ1v) is 5.37. The Morgan fingerprint density at radius 3 is 3.00 bits per heavy atom. The Bertz CT molecular complexity index is 361. The van der Waals surface area contributed by atoms with Crippen molar-refractivity contribution in [3.63, 3.8) is 0 Å². The second-order valence-electron chi connectivity index (χ2n) is 4.18. The lowest BCUT2D eigenvalue weighted by atomic mass is 9.84. The van der Waals surface area contributed by atoms with Gasteiger partial charge in [-0.3, -0.25) is 0 Å². The molecular formula is C12H16FNO. The average molecular weight is 209 g/mol. The molecule has 2 nitrogen and oxygen atoms in total. The van der Waals surface area contributed by atoms with E-state index in [1.165, 1.54) is 6.07 Å². The molecule has 0 bridgehead atoms. The second-order valence-corrected chi connectivity index (χ2v) is 4.18. The molecule has 2 rings (SSSR count). The largest absolute Gasteiger partial charge is 0.394 e. The average Bonchev–Trinajstić information content (AvgIpc) is 2.29. The van der Waals surface area contributed by atoms with Crippen LogP contribution in [0.5, 0.6) is 0 Å². The third kappa shape index (κ3) is 1.72. The van der Waals surface area contributed by atoms with E-state index in [0.29, 0.717) is 6.42 Å². The van der Waals surface area contributed by atoms with Gasteiger partial charge in [0.25, 0.3) is 0 Å². The SMILES string of the molecule is CCC1(CO)CCc2c(F)cccc2N1. The number of halogens is 1. The maximum absolute atomic E-state index is 13.4. The van der Waals surface area contributed by atoms with Gasteiger partial charge in [0.05, 0.1) is 12.1 Å². The normalized spacial score (nSPS) is 24.5. The van der Waals surface area contributed by atoms with E-state index in [1.807, 2.05) is 13.0 Å². The van der Waals surface area contributed by atoms with E-state index >= 15 is 0 Å². The van der Waals surface area contributed by atoms with Crippen LogP contribution in [0.2, 0.25) is 0 Å². The molecule has 1 aromatic rings. The minimum atomic E-state index is -0.263. The molecule has 82 valence electrons. The molecule has 0 aliphatic carbocycles. The fraction of sp³-hybridized carbons (Fsp3) is 0.500. The molecule has 0 fully saturated rings. The van der Waals surface area contributed by atoms with E-state index in [1.54, 1.807) is 6.07 Å². The summed E-state index contributed by atoms with van der Waals surface area (Å²) in [5.41, 5.74) is 1.31. The number of aliphatic hydroxyl groups excluding tert-OH is 1. The molecule has 15 heavy (non-hydrogen) atoms. The molecule has 0 aromatic heterocycles. The molecular weight excluding hydrogens is 193 g/mol. The monoisotopic (exact) mass is 209 g/mol. The molecule has 1 unspecified atom stereocenters. The van der Waals surface area contributed by atoms with Gasteiger partial charge in [0.1, 0.15) is 5.82 Å². The van der Waals surface area contributed by atoms with Crippen LogP contribution >= 0.6 is 0 Å². The minimum absolute atomic E-state index is 0.0967. The summed E-state index contributed by atoms with van der Waals surface area (Å²) in [6.45, 7) is 2.13. The molecule has 1 heterocycles. The molecule has 1 aromatic carbocycles. The van der Waals surface area contributed by atoms with Gasteiger partial charge in [-0.2, -0.15) is 0 Å². The molecule has 0 amide bonds. The van der Waals surface area contributed by atoms with Crippen LogP contribution in [-0.2, 0) is 6.42 Å². The van der Waals surface area contributed by atoms with Gasteiger partial charge < -0.3 is 10.4 Å². The zero-order chi connectivity index (χ0) is 10.9. The van der Waals surface area contributed by atoms with E-state index in [0.717, 1.165) is 24.1 Å². The Morgan fingerprint density at radius 2 is 2.33 bits per heavy atom. The summed E-state index contributed by atoms with van der Waals surface area (Å²) in [7, 11) is 0. The van der Waals surface area contributed by atoms with Crippen LogP contribution < -0.4 is 5.32 Å². The van der Waals surface area contributed by atoms with Crippen LogP contribution in [0, 0.1) is 5.82 Å². The first-order valence-electron chi connectivity index (χ1n) is 5.37. The zero-order valence-electron chi connectivity index (χ0n) is 8.89. The maximum atomic E-state index is 13.4. The zero-order valence-corrected chi connectivity index (χ0v) is 8.89. The topological polar surface area (TPSA) is 32.3 Å². The third-order valence-corrected chi connectivity index (χ3v) is 3.35. The second kappa shape index (κ2) is 3.81. The van der Waals surface area contributed by atoms with Crippen molar-refractivity contribution in [3.8, 4) is 0 Å². The highest BCUT2D eigenvalue weighted by Gasteiger charge is 2.32. The summed E-state index contributed by atoms with van der Waals surface area (Å²) >= 11 is 0. The van der Waals surface area contributed by atoms with Crippen LogP contribution in [-0.4, -0.2) is 17.3 Å². The number of nitrogens with one attached hydrogen (secondary N) is 1. The Morgan fingerprint density at radius 1 is 1.53 bits per heavy atom. The van der Waals surface area contributed by atoms with Crippen LogP contribution in [0.3, 0.4) is 0 Å². The Kier molecular flexibility index (Phi) is 2.65. The lowest BCUT2D eigenvalue weighted by Gasteiger charge is -2.38. The van der Waals surface area contributed by atoms with Crippen molar-refractivity contribution in [2.24, 2.45) is 0 Å². The van der Waals surface area contributed by atoms with Gasteiger partial charge in [-0.1, -0.05) is 13.0 Å². The summed E-state index contributed by atoms with van der Waals surface area (Å²) < 4.78 is 13.4. The molecule has 2 N–H and O–H groups in total. The van der Waals surface area contributed by atoms with E-state index in [9.17, 15) is 9.50 Å². The highest BCUT2D eigenvalue weighted by atomic mass is 19.1. The van der Waals surface area contributed by atoms with Gasteiger partial charge in [0.15, 0.2) is 0 Å². The van der Waals surface area contributed by atoms with Crippen molar-refractivity contribution < 1.29 is 9.50 Å². The highest BCUT2D eigenvalue weighted by Crippen LogP contribution is 2.33. The first-order chi connectivity index (χ1) is 7.21.